The zero-order valence-electron chi connectivity index (χ0n) is 11.9. The normalized spacial score (nSPS) is 22.6. The van der Waals surface area contributed by atoms with Crippen LogP contribution in [0.2, 0.25) is 5.02 Å². The Kier molecular flexibility index (Phi) is 3.82. The lowest BCUT2D eigenvalue weighted by molar-refractivity contribution is 0.518. The second-order valence-electron chi connectivity index (χ2n) is 5.69. The fraction of sp³-hybridized carbons (Fsp3) is 0.333. The van der Waals surface area contributed by atoms with Gasteiger partial charge in [0, 0.05) is 11.1 Å². The Morgan fingerprint density at radius 3 is 2.55 bits per heavy atom. The molecule has 2 aromatic rings. The van der Waals surface area contributed by atoms with Crippen molar-refractivity contribution in [3.63, 3.8) is 0 Å². The Morgan fingerprint density at radius 2 is 1.90 bits per heavy atom. The standard InChI is InChI=1S/C18H20ClN/c1-12-8-9-14(10-17(12)19)18(20-2)16-11-15(16)13-6-4-3-5-7-13/h3-10,15-16,18,20H,11H2,1-2H3. The van der Waals surface area contributed by atoms with Crippen molar-refractivity contribution in [1.82, 2.24) is 5.32 Å². The second kappa shape index (κ2) is 5.59. The van der Waals surface area contributed by atoms with Crippen molar-refractivity contribution in [2.24, 2.45) is 5.92 Å². The van der Waals surface area contributed by atoms with Crippen LogP contribution in [0.4, 0.5) is 0 Å². The molecule has 1 saturated carbocycles. The van der Waals surface area contributed by atoms with Gasteiger partial charge in [-0.05, 0) is 55.0 Å². The van der Waals surface area contributed by atoms with Gasteiger partial charge < -0.3 is 5.32 Å². The smallest absolute Gasteiger partial charge is 0.0438 e. The lowest BCUT2D eigenvalue weighted by atomic mass is 9.98. The van der Waals surface area contributed by atoms with Crippen LogP contribution in [0.25, 0.3) is 0 Å². The third-order valence-corrected chi connectivity index (χ3v) is 4.77. The summed E-state index contributed by atoms with van der Waals surface area (Å²) < 4.78 is 0. The van der Waals surface area contributed by atoms with Crippen LogP contribution in [0, 0.1) is 12.8 Å². The van der Waals surface area contributed by atoms with Crippen molar-refractivity contribution in [3.05, 3.63) is 70.2 Å². The summed E-state index contributed by atoms with van der Waals surface area (Å²) in [4.78, 5) is 0. The molecule has 3 rings (SSSR count). The van der Waals surface area contributed by atoms with E-state index in [0.29, 0.717) is 17.9 Å². The number of halogens is 1. The molecule has 20 heavy (non-hydrogen) atoms. The van der Waals surface area contributed by atoms with Crippen LogP contribution >= 0.6 is 11.6 Å². The average molecular weight is 286 g/mol. The molecule has 0 radical (unpaired) electrons. The first kappa shape index (κ1) is 13.7. The van der Waals surface area contributed by atoms with E-state index in [-0.39, 0.29) is 0 Å². The molecule has 1 nitrogen and oxygen atoms in total. The van der Waals surface area contributed by atoms with E-state index in [4.69, 9.17) is 11.6 Å². The number of aryl methyl sites for hydroxylation is 1. The highest BCUT2D eigenvalue weighted by atomic mass is 35.5. The second-order valence-corrected chi connectivity index (χ2v) is 6.10. The molecule has 3 unspecified atom stereocenters. The summed E-state index contributed by atoms with van der Waals surface area (Å²) in [6, 6.07) is 17.6. The molecule has 0 aromatic heterocycles. The van der Waals surface area contributed by atoms with E-state index < -0.39 is 0 Å². The summed E-state index contributed by atoms with van der Waals surface area (Å²) in [5.74, 6) is 1.34. The molecule has 3 atom stereocenters. The van der Waals surface area contributed by atoms with Gasteiger partial charge in [-0.3, -0.25) is 0 Å². The first-order chi connectivity index (χ1) is 9.70. The number of nitrogens with one attached hydrogen (secondary N) is 1. The maximum absolute atomic E-state index is 6.27. The monoisotopic (exact) mass is 285 g/mol. The zero-order valence-corrected chi connectivity index (χ0v) is 12.7. The zero-order chi connectivity index (χ0) is 14.1. The van der Waals surface area contributed by atoms with Gasteiger partial charge in [-0.1, -0.05) is 54.1 Å². The number of hydrogen-bond acceptors (Lipinski definition) is 1. The summed E-state index contributed by atoms with van der Waals surface area (Å²) in [5, 5.41) is 4.33. The number of benzene rings is 2. The number of rotatable bonds is 4. The molecule has 1 fully saturated rings. The van der Waals surface area contributed by atoms with Crippen molar-refractivity contribution in [2.45, 2.75) is 25.3 Å². The van der Waals surface area contributed by atoms with Crippen LogP contribution in [-0.4, -0.2) is 7.05 Å². The highest BCUT2D eigenvalue weighted by Crippen LogP contribution is 2.54. The highest BCUT2D eigenvalue weighted by Gasteiger charge is 2.43. The Balaban J connectivity index is 1.80. The van der Waals surface area contributed by atoms with Gasteiger partial charge in [0.2, 0.25) is 0 Å². The molecule has 2 heteroatoms. The first-order valence-corrected chi connectivity index (χ1v) is 7.56. The van der Waals surface area contributed by atoms with Gasteiger partial charge >= 0.3 is 0 Å². The Bertz CT molecular complexity index is 594. The van der Waals surface area contributed by atoms with E-state index >= 15 is 0 Å². The van der Waals surface area contributed by atoms with Crippen LogP contribution in [0.3, 0.4) is 0 Å². The average Bonchev–Trinajstić information content (AvgIpc) is 3.25. The van der Waals surface area contributed by atoms with E-state index in [2.05, 4.69) is 53.8 Å². The van der Waals surface area contributed by atoms with Crippen LogP contribution in [0.1, 0.15) is 35.1 Å². The molecule has 1 aliphatic rings. The fourth-order valence-corrected chi connectivity index (χ4v) is 3.29. The van der Waals surface area contributed by atoms with Crippen molar-refractivity contribution in [3.8, 4) is 0 Å². The molecule has 0 spiro atoms. The van der Waals surface area contributed by atoms with Crippen LogP contribution in [0.15, 0.2) is 48.5 Å². The Labute approximate surface area is 126 Å². The van der Waals surface area contributed by atoms with Gasteiger partial charge in [0.15, 0.2) is 0 Å². The van der Waals surface area contributed by atoms with Gasteiger partial charge in [0.05, 0.1) is 0 Å². The largest absolute Gasteiger partial charge is 0.313 e. The lowest BCUT2D eigenvalue weighted by Crippen LogP contribution is -2.19. The van der Waals surface area contributed by atoms with Crippen molar-refractivity contribution in [1.29, 1.82) is 0 Å². The third kappa shape index (κ3) is 2.61. The molecule has 1 N–H and O–H groups in total. The minimum Gasteiger partial charge on any atom is -0.313 e. The van der Waals surface area contributed by atoms with Crippen LogP contribution < -0.4 is 5.32 Å². The first-order valence-electron chi connectivity index (χ1n) is 7.19. The minimum atomic E-state index is 0.387. The Hall–Kier alpha value is -1.31. The quantitative estimate of drug-likeness (QED) is 0.858. The fourth-order valence-electron chi connectivity index (χ4n) is 3.10. The molecule has 0 aliphatic heterocycles. The molecule has 0 amide bonds. The van der Waals surface area contributed by atoms with Gasteiger partial charge in [0.1, 0.15) is 0 Å². The topological polar surface area (TPSA) is 12.0 Å². The van der Waals surface area contributed by atoms with Crippen molar-refractivity contribution < 1.29 is 0 Å². The maximum Gasteiger partial charge on any atom is 0.0438 e. The van der Waals surface area contributed by atoms with E-state index in [0.717, 1.165) is 10.6 Å². The van der Waals surface area contributed by atoms with E-state index in [1.807, 2.05) is 14.0 Å². The third-order valence-electron chi connectivity index (χ3n) is 4.36. The maximum atomic E-state index is 6.27. The summed E-state index contributed by atoms with van der Waals surface area (Å²) in [5.41, 5.74) is 3.89. The molecule has 1 aliphatic carbocycles. The predicted octanol–water partition coefficient (Wildman–Crippen LogP) is 4.71. The highest BCUT2D eigenvalue weighted by molar-refractivity contribution is 6.31. The van der Waals surface area contributed by atoms with E-state index in [1.54, 1.807) is 0 Å². The lowest BCUT2D eigenvalue weighted by Gasteiger charge is -2.18. The van der Waals surface area contributed by atoms with Gasteiger partial charge in [0.25, 0.3) is 0 Å². The van der Waals surface area contributed by atoms with Crippen molar-refractivity contribution >= 4 is 11.6 Å². The number of hydrogen-bond donors (Lipinski definition) is 1. The van der Waals surface area contributed by atoms with E-state index in [9.17, 15) is 0 Å². The molecule has 0 saturated heterocycles. The molecule has 104 valence electrons. The minimum absolute atomic E-state index is 0.387. The Morgan fingerprint density at radius 1 is 1.15 bits per heavy atom. The summed E-state index contributed by atoms with van der Waals surface area (Å²) in [7, 11) is 2.04. The van der Waals surface area contributed by atoms with Crippen molar-refractivity contribution in [2.75, 3.05) is 7.05 Å². The van der Waals surface area contributed by atoms with Gasteiger partial charge in [-0.25, -0.2) is 0 Å². The molecule has 0 heterocycles. The SMILES string of the molecule is CNC(c1ccc(C)c(Cl)c1)C1CC1c1ccccc1. The summed E-state index contributed by atoms with van der Waals surface area (Å²) >= 11 is 6.27. The van der Waals surface area contributed by atoms with E-state index in [1.165, 1.54) is 17.5 Å². The molecular formula is C18H20ClN. The van der Waals surface area contributed by atoms with Gasteiger partial charge in [-0.15, -0.1) is 0 Å². The summed E-state index contributed by atoms with van der Waals surface area (Å²) in [6.07, 6.45) is 1.25. The predicted molar refractivity (Wildman–Crippen MR) is 85.3 cm³/mol. The van der Waals surface area contributed by atoms with Crippen LogP contribution in [0.5, 0.6) is 0 Å². The molecule has 2 aromatic carbocycles. The summed E-state index contributed by atoms with van der Waals surface area (Å²) in [6.45, 7) is 2.05. The molecule has 0 bridgehead atoms. The van der Waals surface area contributed by atoms with Gasteiger partial charge in [-0.2, -0.15) is 0 Å². The molecular weight excluding hydrogens is 266 g/mol. The van der Waals surface area contributed by atoms with Crippen LogP contribution in [-0.2, 0) is 0 Å².